The van der Waals surface area contributed by atoms with Gasteiger partial charge in [-0.25, -0.2) is 15.0 Å². The number of fused-ring (bicyclic) bond motifs is 1. The van der Waals surface area contributed by atoms with Crippen molar-refractivity contribution in [3.8, 4) is 11.3 Å². The molecule has 0 spiro atoms. The van der Waals surface area contributed by atoms with Crippen molar-refractivity contribution in [1.29, 1.82) is 0 Å². The van der Waals surface area contributed by atoms with E-state index in [0.717, 1.165) is 39.8 Å². The molecular weight excluding hydrogens is 380 g/mol. The minimum atomic E-state index is 0.526. The van der Waals surface area contributed by atoms with E-state index < -0.39 is 0 Å². The Labute approximate surface area is 177 Å². The Balaban J connectivity index is 0.00000117. The van der Waals surface area contributed by atoms with Crippen molar-refractivity contribution in [3.05, 3.63) is 82.8 Å². The summed E-state index contributed by atoms with van der Waals surface area (Å²) >= 11 is 6.30. The predicted octanol–water partition coefficient (Wildman–Crippen LogP) is 6.23. The first kappa shape index (κ1) is 20.9. The number of pyridine rings is 2. The van der Waals surface area contributed by atoms with Gasteiger partial charge in [0, 0.05) is 35.5 Å². The first-order valence-electron chi connectivity index (χ1n) is 9.95. The van der Waals surface area contributed by atoms with Crippen molar-refractivity contribution < 1.29 is 0 Å². The average molecular weight is 405 g/mol. The summed E-state index contributed by atoms with van der Waals surface area (Å²) in [5.74, 6) is 0. The average Bonchev–Trinajstić information content (AvgIpc) is 2.77. The Hall–Kier alpha value is -2.85. The normalized spacial score (nSPS) is 10.5. The van der Waals surface area contributed by atoms with Crippen LogP contribution in [-0.4, -0.2) is 19.9 Å². The molecule has 148 valence electrons. The molecule has 0 saturated carbocycles. The number of nitrogens with zero attached hydrogens (tertiary/aromatic N) is 4. The smallest absolute Gasteiger partial charge is 0.136 e. The Morgan fingerprint density at radius 1 is 0.897 bits per heavy atom. The lowest BCUT2D eigenvalue weighted by Gasteiger charge is -2.13. The molecule has 4 nitrogen and oxygen atoms in total. The van der Waals surface area contributed by atoms with Crippen LogP contribution in [0.2, 0.25) is 5.15 Å². The van der Waals surface area contributed by atoms with Crippen molar-refractivity contribution in [2.75, 3.05) is 0 Å². The molecule has 0 fully saturated rings. The van der Waals surface area contributed by atoms with Crippen LogP contribution in [0.5, 0.6) is 0 Å². The number of rotatable bonds is 4. The Bertz CT molecular complexity index is 1120. The van der Waals surface area contributed by atoms with Crippen LogP contribution in [0.1, 0.15) is 43.3 Å². The summed E-state index contributed by atoms with van der Waals surface area (Å²) in [6.07, 6.45) is 6.78. The molecule has 0 aliphatic heterocycles. The number of hydrogen-bond acceptors (Lipinski definition) is 4. The van der Waals surface area contributed by atoms with Gasteiger partial charge >= 0.3 is 0 Å². The SMILES string of the molecule is CC.CCc1cc(-c2cccnc2Cc2c(C)ccc3c(Cl)nccc23)ncn1. The summed E-state index contributed by atoms with van der Waals surface area (Å²) in [6, 6.07) is 12.2. The zero-order valence-corrected chi connectivity index (χ0v) is 18.0. The maximum atomic E-state index is 6.30. The molecule has 5 heteroatoms. The fraction of sp³-hybridized carbons (Fsp3) is 0.250. The predicted molar refractivity (Wildman–Crippen MR) is 120 cm³/mol. The molecule has 1 aromatic carbocycles. The van der Waals surface area contributed by atoms with Crippen LogP contribution in [0.25, 0.3) is 22.0 Å². The van der Waals surface area contributed by atoms with Gasteiger partial charge in [-0.15, -0.1) is 0 Å². The third-order valence-corrected chi connectivity index (χ3v) is 5.14. The van der Waals surface area contributed by atoms with E-state index >= 15 is 0 Å². The van der Waals surface area contributed by atoms with Gasteiger partial charge in [-0.2, -0.15) is 0 Å². The molecule has 3 aromatic heterocycles. The highest BCUT2D eigenvalue weighted by molar-refractivity contribution is 6.34. The largest absolute Gasteiger partial charge is 0.260 e. The number of benzene rings is 1. The summed E-state index contributed by atoms with van der Waals surface area (Å²) in [5.41, 5.74) is 6.37. The quantitative estimate of drug-likeness (QED) is 0.378. The molecule has 4 rings (SSSR count). The minimum Gasteiger partial charge on any atom is -0.260 e. The summed E-state index contributed by atoms with van der Waals surface area (Å²) in [7, 11) is 0. The third-order valence-electron chi connectivity index (χ3n) is 4.84. The van der Waals surface area contributed by atoms with Gasteiger partial charge in [0.1, 0.15) is 11.5 Å². The Morgan fingerprint density at radius 3 is 2.52 bits per heavy atom. The molecule has 0 atom stereocenters. The van der Waals surface area contributed by atoms with Gasteiger partial charge in [-0.3, -0.25) is 4.98 Å². The van der Waals surface area contributed by atoms with Crippen LogP contribution in [-0.2, 0) is 12.8 Å². The van der Waals surface area contributed by atoms with Gasteiger partial charge in [0.15, 0.2) is 0 Å². The van der Waals surface area contributed by atoms with Crippen molar-refractivity contribution in [3.63, 3.8) is 0 Å². The Kier molecular flexibility index (Phi) is 6.89. The first-order valence-corrected chi connectivity index (χ1v) is 10.3. The van der Waals surface area contributed by atoms with Crippen LogP contribution in [0.4, 0.5) is 0 Å². The van der Waals surface area contributed by atoms with E-state index in [-0.39, 0.29) is 0 Å². The zero-order chi connectivity index (χ0) is 20.8. The lowest BCUT2D eigenvalue weighted by atomic mass is 9.95. The summed E-state index contributed by atoms with van der Waals surface area (Å²) in [4.78, 5) is 17.7. The summed E-state index contributed by atoms with van der Waals surface area (Å²) in [6.45, 7) is 8.21. The maximum absolute atomic E-state index is 6.30. The Morgan fingerprint density at radius 2 is 1.72 bits per heavy atom. The molecule has 0 saturated heterocycles. The first-order chi connectivity index (χ1) is 14.2. The molecular formula is C24H25ClN4. The fourth-order valence-electron chi connectivity index (χ4n) is 3.34. The lowest BCUT2D eigenvalue weighted by Crippen LogP contribution is -2.01. The molecule has 0 bridgehead atoms. The number of halogens is 1. The van der Waals surface area contributed by atoms with E-state index in [1.807, 2.05) is 44.3 Å². The van der Waals surface area contributed by atoms with Crippen molar-refractivity contribution in [2.45, 2.75) is 40.5 Å². The molecule has 3 heterocycles. The van der Waals surface area contributed by atoms with E-state index in [4.69, 9.17) is 11.6 Å². The summed E-state index contributed by atoms with van der Waals surface area (Å²) in [5, 5.41) is 2.61. The minimum absolute atomic E-state index is 0.526. The molecule has 29 heavy (non-hydrogen) atoms. The topological polar surface area (TPSA) is 51.6 Å². The van der Waals surface area contributed by atoms with E-state index in [2.05, 4.69) is 45.9 Å². The maximum Gasteiger partial charge on any atom is 0.136 e. The fourth-order valence-corrected chi connectivity index (χ4v) is 3.56. The monoisotopic (exact) mass is 404 g/mol. The lowest BCUT2D eigenvalue weighted by molar-refractivity contribution is 0.995. The number of hydrogen-bond donors (Lipinski definition) is 0. The van der Waals surface area contributed by atoms with Crippen LogP contribution in [0.3, 0.4) is 0 Å². The molecule has 0 amide bonds. The van der Waals surface area contributed by atoms with Gasteiger partial charge in [-0.05, 0) is 54.1 Å². The third kappa shape index (κ3) is 4.43. The van der Waals surface area contributed by atoms with Gasteiger partial charge < -0.3 is 0 Å². The molecule has 0 radical (unpaired) electrons. The second kappa shape index (κ2) is 9.57. The molecule has 4 aromatic rings. The van der Waals surface area contributed by atoms with E-state index in [0.29, 0.717) is 11.6 Å². The van der Waals surface area contributed by atoms with Crippen LogP contribution in [0, 0.1) is 6.92 Å². The second-order valence-corrected chi connectivity index (χ2v) is 6.84. The van der Waals surface area contributed by atoms with Gasteiger partial charge in [0.2, 0.25) is 0 Å². The zero-order valence-electron chi connectivity index (χ0n) is 17.3. The molecule has 0 N–H and O–H groups in total. The van der Waals surface area contributed by atoms with Gasteiger partial charge in [-0.1, -0.05) is 44.5 Å². The summed E-state index contributed by atoms with van der Waals surface area (Å²) < 4.78 is 0. The van der Waals surface area contributed by atoms with Gasteiger partial charge in [0.25, 0.3) is 0 Å². The molecule has 0 aliphatic carbocycles. The highest BCUT2D eigenvalue weighted by atomic mass is 35.5. The standard InChI is InChI=1S/C22H19ClN4.C2H6/c1-3-15-11-20(27-13-26-15)18-5-4-9-24-21(18)12-19-14(2)6-7-17-16(19)8-10-25-22(17)23;1-2/h4-11,13H,3,12H2,1-2H3;1-2H3. The van der Waals surface area contributed by atoms with Crippen LogP contribution < -0.4 is 0 Å². The second-order valence-electron chi connectivity index (χ2n) is 6.48. The molecule has 0 aliphatic rings. The van der Waals surface area contributed by atoms with E-state index in [1.165, 1.54) is 11.1 Å². The highest BCUT2D eigenvalue weighted by Crippen LogP contribution is 2.30. The van der Waals surface area contributed by atoms with Crippen molar-refractivity contribution >= 4 is 22.4 Å². The number of aryl methyl sites for hydroxylation is 2. The van der Waals surface area contributed by atoms with Crippen LogP contribution in [0.15, 0.2) is 55.1 Å². The highest BCUT2D eigenvalue weighted by Gasteiger charge is 2.13. The molecule has 0 unspecified atom stereocenters. The van der Waals surface area contributed by atoms with E-state index in [9.17, 15) is 0 Å². The van der Waals surface area contributed by atoms with E-state index in [1.54, 1.807) is 12.5 Å². The van der Waals surface area contributed by atoms with Crippen LogP contribution >= 0.6 is 11.6 Å². The van der Waals surface area contributed by atoms with Crippen molar-refractivity contribution in [2.24, 2.45) is 0 Å². The number of aromatic nitrogens is 4. The van der Waals surface area contributed by atoms with Crippen molar-refractivity contribution in [1.82, 2.24) is 19.9 Å². The van der Waals surface area contributed by atoms with Gasteiger partial charge in [0.05, 0.1) is 11.4 Å².